The van der Waals surface area contributed by atoms with Crippen LogP contribution in [0, 0.1) is 10.1 Å². The van der Waals surface area contributed by atoms with E-state index < -0.39 is 16.2 Å². The molecule has 0 bridgehead atoms. The first-order valence-electron chi connectivity index (χ1n) is 8.19. The lowest BCUT2D eigenvalue weighted by molar-refractivity contribution is -0.384. The first-order chi connectivity index (χ1) is 13.3. The minimum Gasteiger partial charge on any atom is -0.299 e. The molecule has 0 radical (unpaired) electrons. The van der Waals surface area contributed by atoms with E-state index >= 15 is 0 Å². The molecule has 0 unspecified atom stereocenters. The summed E-state index contributed by atoms with van der Waals surface area (Å²) in [5.41, 5.74) is 2.99. The Kier molecular flexibility index (Phi) is 4.90. The van der Waals surface area contributed by atoms with Crippen molar-refractivity contribution in [3.8, 4) is 0 Å². The molecular weight excluding hydrogens is 366 g/mol. The number of hydrazone groups is 1. The van der Waals surface area contributed by atoms with Gasteiger partial charge in [0.2, 0.25) is 5.95 Å². The van der Waals surface area contributed by atoms with E-state index in [1.54, 1.807) is 25.1 Å². The quantitative estimate of drug-likeness (QED) is 0.285. The SMILES string of the molecule is C=CCn1c(N/N=C(\C)c2cccc([N+](=O)[O-])c2)nc2c1c(=O)[nH]c(=O)n2C. The van der Waals surface area contributed by atoms with Gasteiger partial charge in [-0.2, -0.15) is 10.1 Å². The fraction of sp³-hybridized carbons (Fsp3) is 0.176. The highest BCUT2D eigenvalue weighted by molar-refractivity contribution is 5.99. The standard InChI is InChI=1S/C17H17N7O4/c1-4-8-23-13-14(22(3)17(26)19-15(13)25)18-16(23)21-20-10(2)11-6-5-7-12(9-11)24(27)28/h4-7,9H,1,8H2,2-3H3,(H,18,21)(H,19,25,26)/b20-10+. The number of nitro benzene ring substituents is 1. The number of fused-ring (bicyclic) bond motifs is 1. The molecule has 144 valence electrons. The third-order valence-electron chi connectivity index (χ3n) is 4.12. The minimum atomic E-state index is -0.580. The molecule has 0 amide bonds. The van der Waals surface area contributed by atoms with Gasteiger partial charge in [-0.3, -0.25) is 29.0 Å². The molecule has 0 aliphatic heterocycles. The Balaban J connectivity index is 2.06. The Bertz CT molecular complexity index is 1230. The van der Waals surface area contributed by atoms with Gasteiger partial charge in [-0.25, -0.2) is 10.2 Å². The van der Waals surface area contributed by atoms with Gasteiger partial charge in [0.15, 0.2) is 11.2 Å². The van der Waals surface area contributed by atoms with Crippen LogP contribution < -0.4 is 16.7 Å². The fourth-order valence-electron chi connectivity index (χ4n) is 2.67. The largest absolute Gasteiger partial charge is 0.329 e. The van der Waals surface area contributed by atoms with Gasteiger partial charge in [0, 0.05) is 31.3 Å². The highest BCUT2D eigenvalue weighted by Crippen LogP contribution is 2.17. The van der Waals surface area contributed by atoms with Crippen LogP contribution in [0.2, 0.25) is 0 Å². The van der Waals surface area contributed by atoms with Crippen molar-refractivity contribution in [1.29, 1.82) is 0 Å². The van der Waals surface area contributed by atoms with Gasteiger partial charge in [0.1, 0.15) is 0 Å². The van der Waals surface area contributed by atoms with E-state index in [1.807, 2.05) is 0 Å². The molecule has 0 saturated heterocycles. The molecular formula is C17H17N7O4. The molecule has 3 rings (SSSR count). The molecule has 3 aromatic rings. The number of benzene rings is 1. The average Bonchev–Trinajstić information content (AvgIpc) is 3.03. The van der Waals surface area contributed by atoms with Crippen LogP contribution in [0.4, 0.5) is 11.6 Å². The summed E-state index contributed by atoms with van der Waals surface area (Å²) in [6, 6.07) is 6.05. The summed E-state index contributed by atoms with van der Waals surface area (Å²) in [7, 11) is 1.49. The lowest BCUT2D eigenvalue weighted by Gasteiger charge is -2.06. The van der Waals surface area contributed by atoms with Crippen LogP contribution in [0.1, 0.15) is 12.5 Å². The zero-order valence-corrected chi connectivity index (χ0v) is 15.2. The van der Waals surface area contributed by atoms with Gasteiger partial charge in [-0.15, -0.1) is 6.58 Å². The summed E-state index contributed by atoms with van der Waals surface area (Å²) >= 11 is 0. The second-order valence-corrected chi connectivity index (χ2v) is 5.94. The zero-order chi connectivity index (χ0) is 20.4. The highest BCUT2D eigenvalue weighted by Gasteiger charge is 2.16. The van der Waals surface area contributed by atoms with E-state index in [9.17, 15) is 19.7 Å². The molecule has 1 aromatic carbocycles. The van der Waals surface area contributed by atoms with Crippen molar-refractivity contribution in [2.24, 2.45) is 12.1 Å². The minimum absolute atomic E-state index is 0.0486. The Hall–Kier alpha value is -4.02. The van der Waals surface area contributed by atoms with E-state index in [1.165, 1.54) is 28.3 Å². The molecule has 0 spiro atoms. The fourth-order valence-corrected chi connectivity index (χ4v) is 2.67. The van der Waals surface area contributed by atoms with Crippen LogP contribution in [0.15, 0.2) is 51.6 Å². The van der Waals surface area contributed by atoms with Crippen LogP contribution in [-0.4, -0.2) is 29.7 Å². The number of rotatable bonds is 6. The van der Waals surface area contributed by atoms with Gasteiger partial charge in [-0.05, 0) is 6.92 Å². The Labute approximate surface area is 157 Å². The summed E-state index contributed by atoms with van der Waals surface area (Å²) in [6.45, 7) is 5.60. The first-order valence-corrected chi connectivity index (χ1v) is 8.19. The summed E-state index contributed by atoms with van der Waals surface area (Å²) in [5.74, 6) is 0.228. The van der Waals surface area contributed by atoms with Gasteiger partial charge in [0.25, 0.3) is 11.2 Å². The van der Waals surface area contributed by atoms with Crippen molar-refractivity contribution in [2.75, 3.05) is 5.43 Å². The number of aryl methyl sites for hydroxylation is 1. The second kappa shape index (κ2) is 7.31. The van der Waals surface area contributed by atoms with E-state index in [0.717, 1.165) is 0 Å². The molecule has 11 heteroatoms. The predicted molar refractivity (Wildman–Crippen MR) is 105 cm³/mol. The summed E-state index contributed by atoms with van der Waals surface area (Å²) in [4.78, 5) is 41.0. The molecule has 2 heterocycles. The van der Waals surface area contributed by atoms with E-state index in [2.05, 4.69) is 27.1 Å². The summed E-state index contributed by atoms with van der Waals surface area (Å²) in [5, 5.41) is 15.1. The average molecular weight is 383 g/mol. The number of hydrogen-bond acceptors (Lipinski definition) is 7. The normalized spacial score (nSPS) is 11.6. The second-order valence-electron chi connectivity index (χ2n) is 5.94. The van der Waals surface area contributed by atoms with Crippen molar-refractivity contribution in [2.45, 2.75) is 13.5 Å². The number of imidazole rings is 1. The Morgan fingerprint density at radius 3 is 2.89 bits per heavy atom. The zero-order valence-electron chi connectivity index (χ0n) is 15.2. The Morgan fingerprint density at radius 2 is 2.21 bits per heavy atom. The lowest BCUT2D eigenvalue weighted by atomic mass is 10.1. The van der Waals surface area contributed by atoms with Gasteiger partial charge in [0.05, 0.1) is 10.6 Å². The van der Waals surface area contributed by atoms with Crippen molar-refractivity contribution in [3.05, 3.63) is 73.4 Å². The van der Waals surface area contributed by atoms with Crippen LogP contribution in [-0.2, 0) is 13.6 Å². The van der Waals surface area contributed by atoms with Gasteiger partial charge >= 0.3 is 5.69 Å². The maximum atomic E-state index is 12.2. The number of nitrogens with zero attached hydrogens (tertiary/aromatic N) is 5. The molecule has 28 heavy (non-hydrogen) atoms. The van der Waals surface area contributed by atoms with Crippen molar-refractivity contribution in [1.82, 2.24) is 19.1 Å². The van der Waals surface area contributed by atoms with Crippen LogP contribution in [0.25, 0.3) is 11.2 Å². The topological polar surface area (TPSA) is 140 Å². The maximum absolute atomic E-state index is 12.2. The number of anilines is 1. The Morgan fingerprint density at radius 1 is 1.46 bits per heavy atom. The summed E-state index contributed by atoms with van der Waals surface area (Å²) in [6.07, 6.45) is 1.58. The van der Waals surface area contributed by atoms with Crippen LogP contribution in [0.3, 0.4) is 0 Å². The van der Waals surface area contributed by atoms with Crippen molar-refractivity contribution in [3.63, 3.8) is 0 Å². The van der Waals surface area contributed by atoms with Crippen molar-refractivity contribution >= 4 is 28.5 Å². The predicted octanol–water partition coefficient (Wildman–Crippen LogP) is 1.35. The van der Waals surface area contributed by atoms with Gasteiger partial charge in [-0.1, -0.05) is 18.2 Å². The molecule has 0 atom stereocenters. The van der Waals surface area contributed by atoms with Crippen LogP contribution in [0.5, 0.6) is 0 Å². The third-order valence-corrected chi connectivity index (χ3v) is 4.12. The smallest absolute Gasteiger partial charge is 0.299 e. The molecule has 2 N–H and O–H groups in total. The molecule has 0 aliphatic rings. The number of aromatic amines is 1. The maximum Gasteiger partial charge on any atom is 0.329 e. The summed E-state index contributed by atoms with van der Waals surface area (Å²) < 4.78 is 2.75. The molecule has 0 fully saturated rings. The van der Waals surface area contributed by atoms with Gasteiger partial charge < -0.3 is 0 Å². The third kappa shape index (κ3) is 3.32. The number of nitro groups is 1. The number of non-ortho nitro benzene ring substituents is 1. The number of H-pyrrole nitrogens is 1. The molecule has 0 saturated carbocycles. The lowest BCUT2D eigenvalue weighted by Crippen LogP contribution is -2.29. The monoisotopic (exact) mass is 383 g/mol. The number of hydrogen-bond donors (Lipinski definition) is 2. The van der Waals surface area contributed by atoms with E-state index in [0.29, 0.717) is 11.3 Å². The first kappa shape index (κ1) is 18.8. The molecule has 2 aromatic heterocycles. The van der Waals surface area contributed by atoms with Crippen LogP contribution >= 0.6 is 0 Å². The number of aromatic nitrogens is 4. The van der Waals surface area contributed by atoms with E-state index in [-0.39, 0.29) is 29.3 Å². The number of allylic oxidation sites excluding steroid dienone is 1. The molecule has 11 nitrogen and oxygen atoms in total. The van der Waals surface area contributed by atoms with E-state index in [4.69, 9.17) is 0 Å². The number of nitrogens with one attached hydrogen (secondary N) is 2. The van der Waals surface area contributed by atoms with Crippen molar-refractivity contribution < 1.29 is 4.92 Å². The molecule has 0 aliphatic carbocycles. The highest BCUT2D eigenvalue weighted by atomic mass is 16.6.